The standard InChI is InChI=1S/C30H32F3N3O3/c1-16(2)17-7-18(9-20(34)8-17)23-5-6-35-13-19(23)10-28(37)27-4-3-24(31)30(36-27)29-25(32)11-21(12-26(29)33)39-22-14-38-15-22/h3-6,11-13,16-18,20,22H,7-10,14-15,34H2,1-2H3/t17-,18+,20-/m0/s1. The fourth-order valence-electron chi connectivity index (χ4n) is 5.55. The Kier molecular flexibility index (Phi) is 8.00. The van der Waals surface area contributed by atoms with Crippen molar-refractivity contribution in [3.05, 3.63) is 77.0 Å². The van der Waals surface area contributed by atoms with Gasteiger partial charge >= 0.3 is 0 Å². The molecule has 2 aromatic heterocycles. The first-order valence-corrected chi connectivity index (χ1v) is 13.3. The van der Waals surface area contributed by atoms with Gasteiger partial charge in [0.05, 0.1) is 18.8 Å². The lowest BCUT2D eigenvalue weighted by atomic mass is 9.71. The molecule has 6 nitrogen and oxygen atoms in total. The van der Waals surface area contributed by atoms with Crippen LogP contribution < -0.4 is 10.5 Å². The van der Waals surface area contributed by atoms with Gasteiger partial charge in [0.2, 0.25) is 0 Å². The molecule has 3 aromatic rings. The lowest BCUT2D eigenvalue weighted by molar-refractivity contribution is -0.0798. The molecule has 1 aliphatic heterocycles. The van der Waals surface area contributed by atoms with Gasteiger partial charge in [-0.1, -0.05) is 13.8 Å². The summed E-state index contributed by atoms with van der Waals surface area (Å²) in [5.74, 6) is -2.27. The quantitative estimate of drug-likeness (QED) is 0.374. The van der Waals surface area contributed by atoms with Crippen LogP contribution >= 0.6 is 0 Å². The highest BCUT2D eigenvalue weighted by Crippen LogP contribution is 2.40. The van der Waals surface area contributed by atoms with E-state index in [1.165, 1.54) is 6.07 Å². The number of nitrogens with zero attached hydrogens (tertiary/aromatic N) is 2. The normalized spacial score (nSPS) is 21.6. The first kappa shape index (κ1) is 27.3. The minimum atomic E-state index is -1.04. The zero-order chi connectivity index (χ0) is 27.7. The number of ketones is 1. The number of aromatic nitrogens is 2. The third kappa shape index (κ3) is 5.99. The molecule has 3 heterocycles. The average molecular weight is 540 g/mol. The Hall–Kier alpha value is -3.30. The van der Waals surface area contributed by atoms with Crippen LogP contribution in [0, 0.1) is 29.3 Å². The van der Waals surface area contributed by atoms with Gasteiger partial charge in [-0.15, -0.1) is 0 Å². The van der Waals surface area contributed by atoms with Gasteiger partial charge in [0, 0.05) is 37.0 Å². The van der Waals surface area contributed by atoms with Crippen LogP contribution in [0.3, 0.4) is 0 Å². The third-order valence-electron chi connectivity index (χ3n) is 7.75. The maximum Gasteiger partial charge on any atom is 0.185 e. The molecule has 39 heavy (non-hydrogen) atoms. The molecule has 2 aliphatic rings. The Morgan fingerprint density at radius 2 is 1.82 bits per heavy atom. The zero-order valence-electron chi connectivity index (χ0n) is 22.0. The molecule has 0 spiro atoms. The molecule has 1 saturated carbocycles. The molecule has 5 rings (SSSR count). The monoisotopic (exact) mass is 539 g/mol. The highest BCUT2D eigenvalue weighted by atomic mass is 19.1. The van der Waals surface area contributed by atoms with E-state index in [-0.39, 0.29) is 35.9 Å². The summed E-state index contributed by atoms with van der Waals surface area (Å²) < 4.78 is 55.1. The van der Waals surface area contributed by atoms with Crippen LogP contribution in [0.2, 0.25) is 0 Å². The number of carbonyl (C=O) groups excluding carboxylic acids is 1. The molecular weight excluding hydrogens is 507 g/mol. The number of benzene rings is 1. The van der Waals surface area contributed by atoms with Crippen molar-refractivity contribution in [2.75, 3.05) is 13.2 Å². The summed E-state index contributed by atoms with van der Waals surface area (Å²) in [6.45, 7) is 5.06. The van der Waals surface area contributed by atoms with Crippen LogP contribution in [0.25, 0.3) is 11.3 Å². The number of rotatable bonds is 8. The van der Waals surface area contributed by atoms with Crippen molar-refractivity contribution in [3.8, 4) is 17.0 Å². The van der Waals surface area contributed by atoms with Gasteiger partial charge in [0.25, 0.3) is 0 Å². The van der Waals surface area contributed by atoms with Crippen molar-refractivity contribution >= 4 is 5.78 Å². The van der Waals surface area contributed by atoms with Crippen LogP contribution in [0.1, 0.15) is 60.6 Å². The molecule has 1 aliphatic carbocycles. The van der Waals surface area contributed by atoms with Crippen LogP contribution in [-0.4, -0.2) is 41.1 Å². The Labute approximate surface area is 225 Å². The molecule has 0 amide bonds. The van der Waals surface area contributed by atoms with E-state index in [2.05, 4.69) is 23.8 Å². The second-order valence-corrected chi connectivity index (χ2v) is 10.9. The molecule has 0 radical (unpaired) electrons. The smallest absolute Gasteiger partial charge is 0.185 e. The van der Waals surface area contributed by atoms with Gasteiger partial charge in [-0.2, -0.15) is 0 Å². The van der Waals surface area contributed by atoms with Crippen molar-refractivity contribution in [3.63, 3.8) is 0 Å². The molecule has 1 saturated heterocycles. The summed E-state index contributed by atoms with van der Waals surface area (Å²) in [6, 6.07) is 6.20. The van der Waals surface area contributed by atoms with E-state index in [9.17, 15) is 18.0 Å². The SMILES string of the molecule is CC(C)[C@@H]1C[C@H](N)C[C@H](c2ccncc2CC(=O)c2ccc(F)c(-c3c(F)cc(OC4COC4)cc3F)n2)C1. The highest BCUT2D eigenvalue weighted by molar-refractivity contribution is 5.96. The molecule has 2 fully saturated rings. The number of carbonyl (C=O) groups is 1. The zero-order valence-corrected chi connectivity index (χ0v) is 22.0. The van der Waals surface area contributed by atoms with Crippen molar-refractivity contribution in [2.24, 2.45) is 17.6 Å². The van der Waals surface area contributed by atoms with Crippen LogP contribution in [0.4, 0.5) is 13.2 Å². The Bertz CT molecular complexity index is 1340. The number of hydrogen-bond acceptors (Lipinski definition) is 6. The molecule has 206 valence electrons. The summed E-state index contributed by atoms with van der Waals surface area (Å²) in [5, 5.41) is 0. The summed E-state index contributed by atoms with van der Waals surface area (Å²) in [7, 11) is 0. The summed E-state index contributed by atoms with van der Waals surface area (Å²) in [6.07, 6.45) is 5.82. The Balaban J connectivity index is 1.39. The molecule has 2 N–H and O–H groups in total. The topological polar surface area (TPSA) is 87.3 Å². The molecule has 1 aromatic carbocycles. The van der Waals surface area contributed by atoms with E-state index in [0.717, 1.165) is 48.6 Å². The summed E-state index contributed by atoms with van der Waals surface area (Å²) >= 11 is 0. The van der Waals surface area contributed by atoms with Crippen molar-refractivity contribution in [1.82, 2.24) is 9.97 Å². The number of pyridine rings is 2. The van der Waals surface area contributed by atoms with Gasteiger partial charge in [-0.05, 0) is 66.3 Å². The molecule has 0 bridgehead atoms. The molecular formula is C30H32F3N3O3. The van der Waals surface area contributed by atoms with Gasteiger partial charge in [0.1, 0.15) is 40.7 Å². The fourth-order valence-corrected chi connectivity index (χ4v) is 5.55. The van der Waals surface area contributed by atoms with Crippen LogP contribution in [-0.2, 0) is 11.2 Å². The van der Waals surface area contributed by atoms with Crippen molar-refractivity contribution < 1.29 is 27.4 Å². The number of nitrogens with two attached hydrogens (primary N) is 1. The predicted octanol–water partition coefficient (Wildman–Crippen LogP) is 5.63. The highest BCUT2D eigenvalue weighted by Gasteiger charge is 2.31. The third-order valence-corrected chi connectivity index (χ3v) is 7.75. The number of Topliss-reactive ketones (excluding diaryl/α,β-unsaturated/α-hetero) is 1. The fraction of sp³-hybridized carbons (Fsp3) is 0.433. The second kappa shape index (κ2) is 11.4. The largest absolute Gasteiger partial charge is 0.485 e. The lowest BCUT2D eigenvalue weighted by Crippen LogP contribution is -2.38. The first-order chi connectivity index (χ1) is 18.7. The van der Waals surface area contributed by atoms with Gasteiger partial charge < -0.3 is 15.2 Å². The number of hydrogen-bond donors (Lipinski definition) is 1. The van der Waals surface area contributed by atoms with E-state index >= 15 is 0 Å². The minimum Gasteiger partial charge on any atom is -0.485 e. The van der Waals surface area contributed by atoms with E-state index in [1.807, 2.05) is 6.07 Å². The summed E-state index contributed by atoms with van der Waals surface area (Å²) in [4.78, 5) is 21.6. The molecule has 0 unspecified atom stereocenters. The average Bonchev–Trinajstić information content (AvgIpc) is 2.87. The van der Waals surface area contributed by atoms with E-state index in [4.69, 9.17) is 15.2 Å². The maximum absolute atomic E-state index is 14.9. The Morgan fingerprint density at radius 3 is 2.49 bits per heavy atom. The van der Waals surface area contributed by atoms with E-state index in [1.54, 1.807) is 12.4 Å². The van der Waals surface area contributed by atoms with Crippen molar-refractivity contribution in [2.45, 2.75) is 57.6 Å². The molecule has 3 atom stereocenters. The van der Waals surface area contributed by atoms with Crippen LogP contribution in [0.5, 0.6) is 5.75 Å². The maximum atomic E-state index is 14.9. The van der Waals surface area contributed by atoms with Gasteiger partial charge in [-0.3, -0.25) is 9.78 Å². The van der Waals surface area contributed by atoms with Crippen molar-refractivity contribution in [1.29, 1.82) is 0 Å². The Morgan fingerprint density at radius 1 is 1.08 bits per heavy atom. The lowest BCUT2D eigenvalue weighted by Gasteiger charge is -2.36. The van der Waals surface area contributed by atoms with Crippen LogP contribution in [0.15, 0.2) is 42.7 Å². The summed E-state index contributed by atoms with van der Waals surface area (Å²) in [5.41, 5.74) is 6.83. The number of ether oxygens (including phenoxy) is 2. The number of halogens is 3. The predicted molar refractivity (Wildman–Crippen MR) is 140 cm³/mol. The second-order valence-electron chi connectivity index (χ2n) is 10.9. The first-order valence-electron chi connectivity index (χ1n) is 13.3. The van der Waals surface area contributed by atoms with Gasteiger partial charge in [-0.25, -0.2) is 18.2 Å². The van der Waals surface area contributed by atoms with Gasteiger partial charge in [0.15, 0.2) is 5.78 Å². The molecule has 9 heteroatoms. The minimum absolute atomic E-state index is 0.0269. The van der Waals surface area contributed by atoms with E-state index < -0.39 is 34.5 Å². The van der Waals surface area contributed by atoms with E-state index in [0.29, 0.717) is 25.0 Å².